The summed E-state index contributed by atoms with van der Waals surface area (Å²) in [4.78, 5) is 0. The minimum atomic E-state index is -1.76. The summed E-state index contributed by atoms with van der Waals surface area (Å²) in [5.41, 5.74) is 0. The van der Waals surface area contributed by atoms with Crippen LogP contribution in [-0.2, 0) is 13.9 Å². The van der Waals surface area contributed by atoms with E-state index in [1.807, 2.05) is 12.2 Å². The van der Waals surface area contributed by atoms with Crippen molar-refractivity contribution in [2.45, 2.75) is 89.8 Å². The van der Waals surface area contributed by atoms with Gasteiger partial charge in [-0.05, 0) is 30.6 Å². The second-order valence-electron chi connectivity index (χ2n) is 7.97. The predicted molar refractivity (Wildman–Crippen MR) is 100 cm³/mol. The van der Waals surface area contributed by atoms with E-state index in [0.717, 1.165) is 32.3 Å². The Labute approximate surface area is 144 Å². The minimum absolute atomic E-state index is 0.0446. The number of hydrogen-bond donors (Lipinski definition) is 0. The maximum atomic E-state index is 6.59. The van der Waals surface area contributed by atoms with Gasteiger partial charge in [0.1, 0.15) is 0 Å². The standard InChI is InChI=1S/C19H36O3Si/c1-8-10-12-20-13-11-17-15-18(14-16(9-2)21-17)22-23(6,7)19(3,4)5/h9,11,13,16-18H,2,8,10,12,14-15H2,1,3-7H3/b13-11-/t16-,17+,18+/m1/s1. The molecule has 3 nitrogen and oxygen atoms in total. The first-order valence-electron chi connectivity index (χ1n) is 8.93. The average molecular weight is 341 g/mol. The highest BCUT2D eigenvalue weighted by Crippen LogP contribution is 2.39. The van der Waals surface area contributed by atoms with Crippen LogP contribution < -0.4 is 0 Å². The van der Waals surface area contributed by atoms with Gasteiger partial charge in [0.2, 0.25) is 0 Å². The van der Waals surface area contributed by atoms with E-state index < -0.39 is 8.32 Å². The summed E-state index contributed by atoms with van der Waals surface area (Å²) < 4.78 is 18.1. The van der Waals surface area contributed by atoms with Crippen molar-refractivity contribution < 1.29 is 13.9 Å². The molecule has 134 valence electrons. The van der Waals surface area contributed by atoms with Crippen molar-refractivity contribution in [3.05, 3.63) is 25.0 Å². The van der Waals surface area contributed by atoms with Gasteiger partial charge in [0.05, 0.1) is 31.2 Å². The quantitative estimate of drug-likeness (QED) is 0.255. The molecule has 0 amide bonds. The number of unbranched alkanes of at least 4 members (excludes halogenated alkanes) is 1. The summed E-state index contributed by atoms with van der Waals surface area (Å²) in [5, 5.41) is 0.226. The van der Waals surface area contributed by atoms with Crippen LogP contribution in [0, 0.1) is 0 Å². The second-order valence-corrected chi connectivity index (χ2v) is 12.7. The molecule has 0 aromatic rings. The highest BCUT2D eigenvalue weighted by Gasteiger charge is 2.41. The van der Waals surface area contributed by atoms with E-state index in [2.05, 4.69) is 47.4 Å². The van der Waals surface area contributed by atoms with E-state index in [-0.39, 0.29) is 23.4 Å². The molecule has 23 heavy (non-hydrogen) atoms. The van der Waals surface area contributed by atoms with Gasteiger partial charge >= 0.3 is 0 Å². The Morgan fingerprint density at radius 2 is 1.87 bits per heavy atom. The molecule has 0 aromatic carbocycles. The molecular formula is C19H36O3Si. The van der Waals surface area contributed by atoms with Crippen molar-refractivity contribution in [1.82, 2.24) is 0 Å². The zero-order chi connectivity index (χ0) is 17.5. The van der Waals surface area contributed by atoms with Crippen LogP contribution in [0.1, 0.15) is 53.4 Å². The molecule has 1 saturated heterocycles. The van der Waals surface area contributed by atoms with E-state index in [1.54, 1.807) is 6.26 Å². The zero-order valence-corrected chi connectivity index (χ0v) is 16.9. The molecular weight excluding hydrogens is 304 g/mol. The lowest BCUT2D eigenvalue weighted by Gasteiger charge is -2.42. The summed E-state index contributed by atoms with van der Waals surface area (Å²) in [6, 6.07) is 0. The van der Waals surface area contributed by atoms with Crippen molar-refractivity contribution in [3.63, 3.8) is 0 Å². The van der Waals surface area contributed by atoms with E-state index in [1.165, 1.54) is 0 Å². The summed E-state index contributed by atoms with van der Waals surface area (Å²) in [5.74, 6) is 0. The predicted octanol–water partition coefficient (Wildman–Crippen LogP) is 5.44. The van der Waals surface area contributed by atoms with Gasteiger partial charge in [0, 0.05) is 12.8 Å². The SMILES string of the molecule is C=C[C@@H]1C[C@H](O[Si](C)(C)C(C)(C)C)C[C@H](/C=C\OCCCC)O1. The molecule has 0 spiro atoms. The average Bonchev–Trinajstić information content (AvgIpc) is 2.45. The molecule has 1 fully saturated rings. The Bertz CT molecular complexity index is 385. The van der Waals surface area contributed by atoms with Gasteiger partial charge in [-0.15, -0.1) is 6.58 Å². The van der Waals surface area contributed by atoms with E-state index in [9.17, 15) is 0 Å². The maximum absolute atomic E-state index is 6.59. The summed E-state index contributed by atoms with van der Waals surface area (Å²) in [7, 11) is -1.76. The van der Waals surface area contributed by atoms with Gasteiger partial charge in [-0.3, -0.25) is 0 Å². The number of hydrogen-bond acceptors (Lipinski definition) is 3. The first-order valence-corrected chi connectivity index (χ1v) is 11.8. The van der Waals surface area contributed by atoms with Gasteiger partial charge in [-0.2, -0.15) is 0 Å². The van der Waals surface area contributed by atoms with Crippen molar-refractivity contribution in [3.8, 4) is 0 Å². The third-order valence-corrected chi connectivity index (χ3v) is 9.41. The van der Waals surface area contributed by atoms with Crippen LogP contribution in [0.15, 0.2) is 25.0 Å². The van der Waals surface area contributed by atoms with E-state index in [0.29, 0.717) is 0 Å². The van der Waals surface area contributed by atoms with Crippen LogP contribution in [0.5, 0.6) is 0 Å². The molecule has 0 unspecified atom stereocenters. The molecule has 0 N–H and O–H groups in total. The monoisotopic (exact) mass is 340 g/mol. The van der Waals surface area contributed by atoms with Crippen LogP contribution in [-0.4, -0.2) is 33.2 Å². The Hall–Kier alpha value is -0.583. The van der Waals surface area contributed by atoms with Gasteiger partial charge in [0.15, 0.2) is 8.32 Å². The van der Waals surface area contributed by atoms with Crippen molar-refractivity contribution in [2.75, 3.05) is 6.61 Å². The summed E-state index contributed by atoms with van der Waals surface area (Å²) in [6.45, 7) is 18.3. The van der Waals surface area contributed by atoms with Crippen molar-refractivity contribution in [1.29, 1.82) is 0 Å². The van der Waals surface area contributed by atoms with Crippen LogP contribution in [0.2, 0.25) is 18.1 Å². The molecule has 3 atom stereocenters. The molecule has 0 radical (unpaired) electrons. The molecule has 0 aliphatic carbocycles. The first-order chi connectivity index (χ1) is 10.7. The topological polar surface area (TPSA) is 27.7 Å². The van der Waals surface area contributed by atoms with Crippen LogP contribution >= 0.6 is 0 Å². The summed E-state index contributed by atoms with van der Waals surface area (Å²) in [6.07, 6.45) is 10.1. The van der Waals surface area contributed by atoms with Crippen LogP contribution in [0.4, 0.5) is 0 Å². The molecule has 1 heterocycles. The van der Waals surface area contributed by atoms with E-state index >= 15 is 0 Å². The minimum Gasteiger partial charge on any atom is -0.501 e. The fourth-order valence-electron chi connectivity index (χ4n) is 2.35. The molecule has 0 bridgehead atoms. The highest BCUT2D eigenvalue weighted by atomic mass is 28.4. The normalized spacial score (nSPS) is 26.4. The van der Waals surface area contributed by atoms with Crippen molar-refractivity contribution in [2.24, 2.45) is 0 Å². The lowest BCUT2D eigenvalue weighted by Crippen LogP contribution is -2.47. The fourth-order valence-corrected chi connectivity index (χ4v) is 3.73. The van der Waals surface area contributed by atoms with Gasteiger partial charge < -0.3 is 13.9 Å². The van der Waals surface area contributed by atoms with Gasteiger partial charge in [-0.25, -0.2) is 0 Å². The first kappa shape index (κ1) is 20.5. The maximum Gasteiger partial charge on any atom is 0.192 e. The number of rotatable bonds is 8. The van der Waals surface area contributed by atoms with Gasteiger partial charge in [0.25, 0.3) is 0 Å². The third kappa shape index (κ3) is 6.82. The Morgan fingerprint density at radius 1 is 1.22 bits per heavy atom. The lowest BCUT2D eigenvalue weighted by atomic mass is 10.0. The number of ether oxygens (including phenoxy) is 2. The molecule has 1 aliphatic heterocycles. The Kier molecular flexibility index (Phi) is 8.05. The Balaban J connectivity index is 2.62. The summed E-state index contributed by atoms with van der Waals surface area (Å²) >= 11 is 0. The second kappa shape index (κ2) is 9.05. The Morgan fingerprint density at radius 3 is 2.43 bits per heavy atom. The molecule has 1 rings (SSSR count). The van der Waals surface area contributed by atoms with Crippen molar-refractivity contribution >= 4 is 8.32 Å². The molecule has 1 aliphatic rings. The van der Waals surface area contributed by atoms with E-state index in [4.69, 9.17) is 13.9 Å². The van der Waals surface area contributed by atoms with Gasteiger partial charge in [-0.1, -0.05) is 40.2 Å². The largest absolute Gasteiger partial charge is 0.501 e. The third-order valence-electron chi connectivity index (χ3n) is 4.88. The fraction of sp³-hybridized carbons (Fsp3) is 0.789. The van der Waals surface area contributed by atoms with Crippen LogP contribution in [0.3, 0.4) is 0 Å². The highest BCUT2D eigenvalue weighted by molar-refractivity contribution is 6.74. The lowest BCUT2D eigenvalue weighted by molar-refractivity contribution is -0.0513. The van der Waals surface area contributed by atoms with Crippen LogP contribution in [0.25, 0.3) is 0 Å². The molecule has 4 heteroatoms. The molecule has 0 aromatic heterocycles. The molecule has 0 saturated carbocycles. The zero-order valence-electron chi connectivity index (χ0n) is 15.9. The smallest absolute Gasteiger partial charge is 0.192 e.